The number of aryl methyl sites for hydroxylation is 2. The number of hydrogen-bond acceptors (Lipinski definition) is 5. The van der Waals surface area contributed by atoms with Gasteiger partial charge in [0.25, 0.3) is 0 Å². The third-order valence-electron chi connectivity index (χ3n) is 5.96. The van der Waals surface area contributed by atoms with Gasteiger partial charge in [0.15, 0.2) is 5.15 Å². The highest BCUT2D eigenvalue weighted by Gasteiger charge is 2.22. The molecule has 0 saturated heterocycles. The standard InChI is InChI=1S/C24H20ClN7O/c1-24(2,13-26)16-7-15(9-27-10-16)14-5-6-18-17(8-14)21-19(11-28-18)31(4)23(33)32(21)20-12-30(3)29-22(20)25/h5-12H,1-4H3. The molecule has 0 spiro atoms. The fourth-order valence-corrected chi connectivity index (χ4v) is 4.26. The average molecular weight is 458 g/mol. The number of fused-ring (bicyclic) bond motifs is 3. The number of benzene rings is 1. The number of imidazole rings is 1. The molecule has 0 atom stereocenters. The van der Waals surface area contributed by atoms with Crippen LogP contribution < -0.4 is 5.69 Å². The quantitative estimate of drug-likeness (QED) is 0.406. The van der Waals surface area contributed by atoms with E-state index in [1.807, 2.05) is 38.1 Å². The Morgan fingerprint density at radius 1 is 1.09 bits per heavy atom. The molecule has 0 fully saturated rings. The van der Waals surface area contributed by atoms with Crippen LogP contribution in [0, 0.1) is 11.3 Å². The SMILES string of the molecule is Cn1cc(-n2c(=O)n(C)c3cnc4ccc(-c5cncc(C(C)(C)C#N)c5)cc4c32)c(Cl)n1. The number of nitrogens with zero attached hydrogens (tertiary/aromatic N) is 7. The lowest BCUT2D eigenvalue weighted by Crippen LogP contribution is -2.20. The molecule has 4 aromatic heterocycles. The van der Waals surface area contributed by atoms with Gasteiger partial charge in [-0.2, -0.15) is 10.4 Å². The first kappa shape index (κ1) is 20.9. The third-order valence-corrected chi connectivity index (χ3v) is 6.23. The second-order valence-electron chi connectivity index (χ2n) is 8.58. The summed E-state index contributed by atoms with van der Waals surface area (Å²) in [6.45, 7) is 3.73. The van der Waals surface area contributed by atoms with Gasteiger partial charge in [0.05, 0.1) is 40.4 Å². The van der Waals surface area contributed by atoms with Crippen LogP contribution in [0.15, 0.2) is 53.8 Å². The summed E-state index contributed by atoms with van der Waals surface area (Å²) < 4.78 is 4.70. The van der Waals surface area contributed by atoms with Crippen molar-refractivity contribution in [1.29, 1.82) is 5.26 Å². The summed E-state index contributed by atoms with van der Waals surface area (Å²) in [6.07, 6.45) is 6.89. The molecule has 0 radical (unpaired) electrons. The van der Waals surface area contributed by atoms with Crippen molar-refractivity contribution < 1.29 is 0 Å². The molecule has 164 valence electrons. The number of aromatic nitrogens is 6. The minimum absolute atomic E-state index is 0.237. The lowest BCUT2D eigenvalue weighted by atomic mass is 9.86. The van der Waals surface area contributed by atoms with E-state index in [0.717, 1.165) is 27.6 Å². The van der Waals surface area contributed by atoms with E-state index in [2.05, 4.69) is 21.1 Å². The fraction of sp³-hybridized carbons (Fsp3) is 0.208. The van der Waals surface area contributed by atoms with Crippen LogP contribution in [0.2, 0.25) is 5.15 Å². The normalized spacial score (nSPS) is 11.9. The fourth-order valence-electron chi connectivity index (χ4n) is 4.00. The summed E-state index contributed by atoms with van der Waals surface area (Å²) in [5.41, 5.74) is 4.34. The molecule has 5 rings (SSSR count). The molecule has 0 unspecified atom stereocenters. The van der Waals surface area contributed by atoms with Gasteiger partial charge in [-0.1, -0.05) is 17.7 Å². The Labute approximate surface area is 194 Å². The number of hydrogen-bond donors (Lipinski definition) is 0. The van der Waals surface area contributed by atoms with E-state index in [0.29, 0.717) is 16.7 Å². The Morgan fingerprint density at radius 3 is 2.58 bits per heavy atom. The van der Waals surface area contributed by atoms with Crippen molar-refractivity contribution in [2.75, 3.05) is 0 Å². The molecule has 33 heavy (non-hydrogen) atoms. The number of rotatable bonds is 3. The van der Waals surface area contributed by atoms with Crippen LogP contribution in [0.5, 0.6) is 0 Å². The molecule has 0 aliphatic carbocycles. The lowest BCUT2D eigenvalue weighted by molar-refractivity contribution is 0.683. The van der Waals surface area contributed by atoms with Crippen LogP contribution in [0.25, 0.3) is 38.8 Å². The number of halogens is 1. The lowest BCUT2D eigenvalue weighted by Gasteiger charge is -2.16. The van der Waals surface area contributed by atoms with Crippen molar-refractivity contribution in [2.45, 2.75) is 19.3 Å². The Bertz CT molecular complexity index is 1670. The maximum atomic E-state index is 13.2. The summed E-state index contributed by atoms with van der Waals surface area (Å²) in [6, 6.07) is 10.2. The molecule has 5 aromatic rings. The molecule has 0 amide bonds. The maximum absolute atomic E-state index is 13.2. The largest absolute Gasteiger partial charge is 0.333 e. The Kier molecular flexibility index (Phi) is 4.62. The molecule has 0 bridgehead atoms. The minimum atomic E-state index is -0.661. The van der Waals surface area contributed by atoms with Crippen LogP contribution in [0.3, 0.4) is 0 Å². The molecule has 0 aliphatic heterocycles. The summed E-state index contributed by atoms with van der Waals surface area (Å²) in [5, 5.41) is 14.8. The number of nitriles is 1. The van der Waals surface area contributed by atoms with Gasteiger partial charge >= 0.3 is 5.69 Å². The number of pyridine rings is 2. The van der Waals surface area contributed by atoms with Crippen molar-refractivity contribution in [3.05, 3.63) is 70.3 Å². The van der Waals surface area contributed by atoms with E-state index in [9.17, 15) is 10.1 Å². The molecule has 1 aromatic carbocycles. The van der Waals surface area contributed by atoms with Crippen molar-refractivity contribution in [2.24, 2.45) is 14.1 Å². The van der Waals surface area contributed by atoms with E-state index in [-0.39, 0.29) is 10.8 Å². The van der Waals surface area contributed by atoms with Gasteiger partial charge in [-0.3, -0.25) is 23.8 Å². The predicted octanol–water partition coefficient (Wildman–Crippen LogP) is 4.13. The highest BCUT2D eigenvalue weighted by molar-refractivity contribution is 6.31. The predicted molar refractivity (Wildman–Crippen MR) is 127 cm³/mol. The van der Waals surface area contributed by atoms with Crippen molar-refractivity contribution in [3.63, 3.8) is 0 Å². The van der Waals surface area contributed by atoms with Crippen LogP contribution in [0.4, 0.5) is 0 Å². The van der Waals surface area contributed by atoms with E-state index < -0.39 is 5.41 Å². The minimum Gasteiger partial charge on any atom is -0.293 e. The zero-order valence-corrected chi connectivity index (χ0v) is 19.3. The molecule has 9 heteroatoms. The van der Waals surface area contributed by atoms with Gasteiger partial charge in [0.1, 0.15) is 5.69 Å². The average Bonchev–Trinajstić information content (AvgIpc) is 3.28. The summed E-state index contributed by atoms with van der Waals surface area (Å²) in [7, 11) is 3.46. The van der Waals surface area contributed by atoms with Crippen LogP contribution in [0.1, 0.15) is 19.4 Å². The molecule has 8 nitrogen and oxygen atoms in total. The van der Waals surface area contributed by atoms with Crippen molar-refractivity contribution >= 4 is 33.5 Å². The first-order valence-electron chi connectivity index (χ1n) is 10.3. The molecule has 0 N–H and O–H groups in total. The highest BCUT2D eigenvalue weighted by atomic mass is 35.5. The Hall–Kier alpha value is -3.96. The van der Waals surface area contributed by atoms with Gasteiger partial charge in [-0.15, -0.1) is 0 Å². The third kappa shape index (κ3) is 3.20. The van der Waals surface area contributed by atoms with Gasteiger partial charge in [0.2, 0.25) is 0 Å². The van der Waals surface area contributed by atoms with E-state index in [1.54, 1.807) is 52.7 Å². The molecule has 0 aliphatic rings. The van der Waals surface area contributed by atoms with Crippen LogP contribution in [-0.2, 0) is 19.5 Å². The van der Waals surface area contributed by atoms with Crippen molar-refractivity contribution in [1.82, 2.24) is 28.9 Å². The molecular weight excluding hydrogens is 438 g/mol. The molecule has 0 saturated carbocycles. The van der Waals surface area contributed by atoms with Gasteiger partial charge in [-0.25, -0.2) is 4.79 Å². The second kappa shape index (κ2) is 7.29. The maximum Gasteiger partial charge on any atom is 0.333 e. The summed E-state index contributed by atoms with van der Waals surface area (Å²) >= 11 is 6.36. The van der Waals surface area contributed by atoms with E-state index in [4.69, 9.17) is 11.6 Å². The first-order valence-corrected chi connectivity index (χ1v) is 10.7. The van der Waals surface area contributed by atoms with Crippen LogP contribution in [-0.4, -0.2) is 28.9 Å². The van der Waals surface area contributed by atoms with Gasteiger partial charge in [0, 0.05) is 37.4 Å². The smallest absolute Gasteiger partial charge is 0.293 e. The zero-order valence-electron chi connectivity index (χ0n) is 18.5. The summed E-state index contributed by atoms with van der Waals surface area (Å²) in [5.74, 6) is 0. The van der Waals surface area contributed by atoms with E-state index in [1.165, 1.54) is 0 Å². The highest BCUT2D eigenvalue weighted by Crippen LogP contribution is 2.32. The van der Waals surface area contributed by atoms with Gasteiger partial charge < -0.3 is 0 Å². The van der Waals surface area contributed by atoms with E-state index >= 15 is 0 Å². The van der Waals surface area contributed by atoms with Crippen LogP contribution >= 0.6 is 11.6 Å². The summed E-state index contributed by atoms with van der Waals surface area (Å²) in [4.78, 5) is 22.1. The molecule has 4 heterocycles. The van der Waals surface area contributed by atoms with Gasteiger partial charge in [-0.05, 0) is 43.2 Å². The monoisotopic (exact) mass is 457 g/mol. The second-order valence-corrected chi connectivity index (χ2v) is 8.94. The Morgan fingerprint density at radius 2 is 1.88 bits per heavy atom. The first-order chi connectivity index (χ1) is 15.7. The topological polar surface area (TPSA) is 94.3 Å². The Balaban J connectivity index is 1.82. The zero-order chi connectivity index (χ0) is 23.5. The van der Waals surface area contributed by atoms with Crippen molar-refractivity contribution in [3.8, 4) is 22.9 Å². The molecular formula is C24H20ClN7O.